The summed E-state index contributed by atoms with van der Waals surface area (Å²) >= 11 is 9.11. The average Bonchev–Trinajstić information content (AvgIpc) is 2.17. The summed E-state index contributed by atoms with van der Waals surface area (Å²) in [4.78, 5) is 8.29. The highest BCUT2D eigenvalue weighted by molar-refractivity contribution is 9.10. The minimum atomic E-state index is 0.359. The molecule has 0 aliphatic rings. The fraction of sp³-hybridized carbons (Fsp3) is 0.111. The fourth-order valence-electron chi connectivity index (χ4n) is 1.19. The predicted molar refractivity (Wildman–Crippen MR) is 58.8 cm³/mol. The zero-order valence-corrected chi connectivity index (χ0v) is 9.63. The fourth-order valence-corrected chi connectivity index (χ4v) is 1.74. The summed E-state index contributed by atoms with van der Waals surface area (Å²) in [5.41, 5.74) is 1.42. The van der Waals surface area contributed by atoms with Gasteiger partial charge in [0, 0.05) is 4.47 Å². The maximum atomic E-state index is 5.75. The molecule has 1 aromatic heterocycles. The van der Waals surface area contributed by atoms with Crippen LogP contribution in [0.2, 0.25) is 5.15 Å². The smallest absolute Gasteiger partial charge is 0.148 e. The molecule has 0 aliphatic carbocycles. The lowest BCUT2D eigenvalue weighted by molar-refractivity contribution is 0.418. The summed E-state index contributed by atoms with van der Waals surface area (Å²) in [5.74, 6) is 0.657. The van der Waals surface area contributed by atoms with Crippen LogP contribution in [-0.4, -0.2) is 17.1 Å². The Morgan fingerprint density at radius 1 is 1.43 bits per heavy atom. The molecule has 1 aromatic carbocycles. The first-order valence-electron chi connectivity index (χ1n) is 3.86. The maximum absolute atomic E-state index is 5.75. The summed E-state index contributed by atoms with van der Waals surface area (Å²) in [5, 5.41) is 0.359. The monoisotopic (exact) mass is 272 g/mol. The van der Waals surface area contributed by atoms with Gasteiger partial charge in [-0.3, -0.25) is 4.98 Å². The number of benzene rings is 1. The number of hydrogen-bond acceptors (Lipinski definition) is 3. The highest BCUT2D eigenvalue weighted by atomic mass is 79.9. The Morgan fingerprint density at radius 3 is 2.93 bits per heavy atom. The Labute approximate surface area is 94.2 Å². The number of halogens is 2. The van der Waals surface area contributed by atoms with Crippen LogP contribution in [0.3, 0.4) is 0 Å². The van der Waals surface area contributed by atoms with Gasteiger partial charge < -0.3 is 4.74 Å². The van der Waals surface area contributed by atoms with E-state index in [9.17, 15) is 0 Å². The summed E-state index contributed by atoms with van der Waals surface area (Å²) < 4.78 is 6.07. The number of rotatable bonds is 1. The molecule has 0 fully saturated rings. The van der Waals surface area contributed by atoms with Gasteiger partial charge in [0.25, 0.3) is 0 Å². The van der Waals surface area contributed by atoms with E-state index in [-0.39, 0.29) is 0 Å². The third kappa shape index (κ3) is 1.67. The molecule has 1 heterocycles. The lowest BCUT2D eigenvalue weighted by Crippen LogP contribution is -1.90. The van der Waals surface area contributed by atoms with Crippen molar-refractivity contribution in [1.29, 1.82) is 0 Å². The molecule has 0 radical (unpaired) electrons. The molecule has 2 aromatic rings. The zero-order valence-electron chi connectivity index (χ0n) is 7.29. The van der Waals surface area contributed by atoms with Crippen molar-refractivity contribution in [3.8, 4) is 5.75 Å². The summed E-state index contributed by atoms with van der Waals surface area (Å²) in [6, 6.07) is 3.69. The van der Waals surface area contributed by atoms with E-state index in [0.29, 0.717) is 16.4 Å². The van der Waals surface area contributed by atoms with Crippen LogP contribution in [0.5, 0.6) is 5.75 Å². The topological polar surface area (TPSA) is 35.0 Å². The first kappa shape index (κ1) is 9.68. The van der Waals surface area contributed by atoms with Gasteiger partial charge in [-0.05, 0) is 12.1 Å². The second-order valence-corrected chi connectivity index (χ2v) is 3.97. The van der Waals surface area contributed by atoms with Crippen LogP contribution < -0.4 is 4.74 Å². The number of methoxy groups -OCH3 is 1. The van der Waals surface area contributed by atoms with Crippen molar-refractivity contribution in [2.24, 2.45) is 0 Å². The summed E-state index contributed by atoms with van der Waals surface area (Å²) in [6.07, 6.45) is 1.51. The molecule has 0 amide bonds. The van der Waals surface area contributed by atoms with Crippen molar-refractivity contribution in [3.63, 3.8) is 0 Å². The van der Waals surface area contributed by atoms with E-state index in [1.165, 1.54) is 6.20 Å². The second kappa shape index (κ2) is 3.71. The van der Waals surface area contributed by atoms with Crippen LogP contribution in [-0.2, 0) is 0 Å². The second-order valence-electron chi connectivity index (χ2n) is 2.67. The molecule has 0 bridgehead atoms. The third-order valence-corrected chi connectivity index (χ3v) is 2.41. The van der Waals surface area contributed by atoms with Gasteiger partial charge in [-0.15, -0.1) is 0 Å². The van der Waals surface area contributed by atoms with Gasteiger partial charge in [0.1, 0.15) is 16.4 Å². The van der Waals surface area contributed by atoms with Crippen molar-refractivity contribution in [3.05, 3.63) is 28.0 Å². The van der Waals surface area contributed by atoms with Gasteiger partial charge in [0.2, 0.25) is 0 Å². The molecule has 3 nitrogen and oxygen atoms in total. The standard InChI is InChI=1S/C9H6BrClN2O/c1-14-7-3-5(10)2-6-9(7)13-8(11)4-12-6/h2-4H,1H3. The Kier molecular flexibility index (Phi) is 2.56. The van der Waals surface area contributed by atoms with E-state index >= 15 is 0 Å². The third-order valence-electron chi connectivity index (χ3n) is 1.77. The first-order valence-corrected chi connectivity index (χ1v) is 5.03. The number of hydrogen-bond donors (Lipinski definition) is 0. The molecule has 5 heteroatoms. The molecule has 14 heavy (non-hydrogen) atoms. The average molecular weight is 274 g/mol. The van der Waals surface area contributed by atoms with Gasteiger partial charge in [-0.25, -0.2) is 4.98 Å². The quantitative estimate of drug-likeness (QED) is 0.801. The molecule has 2 rings (SSSR count). The van der Waals surface area contributed by atoms with Crippen LogP contribution in [0, 0.1) is 0 Å². The minimum Gasteiger partial charge on any atom is -0.494 e. The lowest BCUT2D eigenvalue weighted by Gasteiger charge is -2.04. The Morgan fingerprint density at radius 2 is 2.21 bits per heavy atom. The van der Waals surface area contributed by atoms with E-state index in [1.807, 2.05) is 12.1 Å². The van der Waals surface area contributed by atoms with Crippen LogP contribution in [0.4, 0.5) is 0 Å². The first-order chi connectivity index (χ1) is 6.70. The highest BCUT2D eigenvalue weighted by Crippen LogP contribution is 2.27. The molecule has 72 valence electrons. The van der Waals surface area contributed by atoms with E-state index in [1.54, 1.807) is 7.11 Å². The number of fused-ring (bicyclic) bond motifs is 1. The van der Waals surface area contributed by atoms with E-state index in [4.69, 9.17) is 16.3 Å². The van der Waals surface area contributed by atoms with Crippen LogP contribution in [0.25, 0.3) is 11.0 Å². The van der Waals surface area contributed by atoms with Gasteiger partial charge >= 0.3 is 0 Å². The maximum Gasteiger partial charge on any atom is 0.148 e. The Balaban J connectivity index is 2.81. The predicted octanol–water partition coefficient (Wildman–Crippen LogP) is 3.05. The lowest BCUT2D eigenvalue weighted by atomic mass is 10.3. The number of nitrogens with zero attached hydrogens (tertiary/aromatic N) is 2. The molecule has 0 spiro atoms. The van der Waals surface area contributed by atoms with Gasteiger partial charge in [-0.2, -0.15) is 0 Å². The van der Waals surface area contributed by atoms with Gasteiger partial charge in [0.05, 0.1) is 18.8 Å². The van der Waals surface area contributed by atoms with Crippen molar-refractivity contribution in [2.45, 2.75) is 0 Å². The molecule has 0 saturated heterocycles. The van der Waals surface area contributed by atoms with Crippen LogP contribution in [0.15, 0.2) is 22.8 Å². The molecule has 0 N–H and O–H groups in total. The zero-order chi connectivity index (χ0) is 10.1. The minimum absolute atomic E-state index is 0.359. The van der Waals surface area contributed by atoms with Crippen molar-refractivity contribution in [2.75, 3.05) is 7.11 Å². The van der Waals surface area contributed by atoms with Crippen LogP contribution >= 0.6 is 27.5 Å². The largest absolute Gasteiger partial charge is 0.494 e. The van der Waals surface area contributed by atoms with Crippen molar-refractivity contribution < 1.29 is 4.74 Å². The molecule has 0 atom stereocenters. The summed E-state index contributed by atoms with van der Waals surface area (Å²) in [6.45, 7) is 0. The van der Waals surface area contributed by atoms with Crippen LogP contribution in [0.1, 0.15) is 0 Å². The molecule has 0 saturated carbocycles. The SMILES string of the molecule is COc1cc(Br)cc2ncc(Cl)nc12. The molecule has 0 aliphatic heterocycles. The van der Waals surface area contributed by atoms with E-state index < -0.39 is 0 Å². The van der Waals surface area contributed by atoms with Gasteiger partial charge in [0.15, 0.2) is 0 Å². The normalized spacial score (nSPS) is 10.5. The Hall–Kier alpha value is -0.870. The van der Waals surface area contributed by atoms with Gasteiger partial charge in [-0.1, -0.05) is 27.5 Å². The van der Waals surface area contributed by atoms with E-state index in [0.717, 1.165) is 9.99 Å². The van der Waals surface area contributed by atoms with E-state index in [2.05, 4.69) is 25.9 Å². The van der Waals surface area contributed by atoms with Crippen molar-refractivity contribution in [1.82, 2.24) is 9.97 Å². The Bertz CT molecular complexity index is 489. The molecular formula is C9H6BrClN2O. The van der Waals surface area contributed by atoms with Crippen molar-refractivity contribution >= 4 is 38.6 Å². The number of aromatic nitrogens is 2. The highest BCUT2D eigenvalue weighted by Gasteiger charge is 2.06. The molecule has 0 unspecified atom stereocenters. The molecular weight excluding hydrogens is 267 g/mol. The number of ether oxygens (including phenoxy) is 1. The summed E-state index contributed by atoms with van der Waals surface area (Å²) in [7, 11) is 1.59.